The van der Waals surface area contributed by atoms with Crippen molar-refractivity contribution < 1.29 is 45.5 Å². The topological polar surface area (TPSA) is 63.0 Å². The van der Waals surface area contributed by atoms with Crippen LogP contribution in [0.4, 0.5) is 0 Å². The van der Waals surface area contributed by atoms with Gasteiger partial charge in [0.2, 0.25) is 0 Å². The SMILES string of the molecule is O.O.[F-].[F-].[F-].[Re]. The van der Waals surface area contributed by atoms with Gasteiger partial charge in [0.25, 0.3) is 0 Å². The normalized spacial score (nSPS) is 0. The fourth-order valence-corrected chi connectivity index (χ4v) is 0. The van der Waals surface area contributed by atoms with Gasteiger partial charge in [-0.15, -0.1) is 0 Å². The van der Waals surface area contributed by atoms with Crippen LogP contribution in [0, 0.1) is 0 Å². The molecular weight excluding hydrogens is 275 g/mol. The molecule has 6 heteroatoms. The van der Waals surface area contributed by atoms with Crippen molar-refractivity contribution in [1.29, 1.82) is 0 Å². The third kappa shape index (κ3) is 359. The monoisotopic (exact) mass is 280 g/mol. The molecule has 0 heterocycles. The van der Waals surface area contributed by atoms with Gasteiger partial charge in [0.05, 0.1) is 0 Å². The Kier molecular flexibility index (Phi) is 164000. The van der Waals surface area contributed by atoms with Crippen molar-refractivity contribution in [3.05, 3.63) is 0 Å². The van der Waals surface area contributed by atoms with E-state index in [0.29, 0.717) is 0 Å². The molecule has 6 heavy (non-hydrogen) atoms. The largest absolute Gasteiger partial charge is 1.00 e. The number of hydrogen-bond acceptors (Lipinski definition) is 0. The maximum absolute atomic E-state index is 0. The Balaban J connectivity index is 0. The zero-order valence-electron chi connectivity index (χ0n) is 2.51. The molecule has 0 aromatic heterocycles. The first kappa shape index (κ1) is 1330. The van der Waals surface area contributed by atoms with Crippen LogP contribution in [-0.2, 0) is 20.4 Å². The summed E-state index contributed by atoms with van der Waals surface area (Å²) in [6.07, 6.45) is 0. The van der Waals surface area contributed by atoms with Crippen molar-refractivity contribution >= 4 is 0 Å². The molecular formula is H4F3O2Re-3. The summed E-state index contributed by atoms with van der Waals surface area (Å²) in [7, 11) is 0. The van der Waals surface area contributed by atoms with Crippen molar-refractivity contribution in [2.24, 2.45) is 0 Å². The summed E-state index contributed by atoms with van der Waals surface area (Å²) in [6, 6.07) is 0. The smallest absolute Gasteiger partial charge is 0 e. The Morgan fingerprint density at radius 2 is 0.500 bits per heavy atom. The molecule has 1 radical (unpaired) electrons. The van der Waals surface area contributed by atoms with Gasteiger partial charge in [-0.1, -0.05) is 0 Å². The van der Waals surface area contributed by atoms with E-state index < -0.39 is 0 Å². The number of rotatable bonds is 0. The average molecular weight is 279 g/mol. The van der Waals surface area contributed by atoms with Crippen molar-refractivity contribution in [2.75, 3.05) is 0 Å². The minimum Gasteiger partial charge on any atom is -1.00 e. The maximum Gasteiger partial charge on any atom is 0 e. The predicted octanol–water partition coefficient (Wildman–Crippen LogP) is -10.6. The summed E-state index contributed by atoms with van der Waals surface area (Å²) in [4.78, 5) is 0. The molecule has 4 N–H and O–H groups in total. The molecule has 0 amide bonds. The van der Waals surface area contributed by atoms with Crippen LogP contribution in [0.25, 0.3) is 0 Å². The van der Waals surface area contributed by atoms with Gasteiger partial charge in [-0.3, -0.25) is 0 Å². The third-order valence-corrected chi connectivity index (χ3v) is 0. The van der Waals surface area contributed by atoms with Crippen molar-refractivity contribution in [3.63, 3.8) is 0 Å². The van der Waals surface area contributed by atoms with E-state index in [2.05, 4.69) is 0 Å². The van der Waals surface area contributed by atoms with E-state index in [0.717, 1.165) is 0 Å². The van der Waals surface area contributed by atoms with Gasteiger partial charge < -0.3 is 25.1 Å². The van der Waals surface area contributed by atoms with Crippen LogP contribution in [0.1, 0.15) is 0 Å². The van der Waals surface area contributed by atoms with Gasteiger partial charge in [0, 0.05) is 20.4 Å². The van der Waals surface area contributed by atoms with Gasteiger partial charge in [-0.2, -0.15) is 0 Å². The quantitative estimate of drug-likeness (QED) is 0.423. The Bertz CT molecular complexity index is 8.75. The minimum absolute atomic E-state index is 0. The van der Waals surface area contributed by atoms with E-state index in [9.17, 15) is 0 Å². The van der Waals surface area contributed by atoms with Crippen molar-refractivity contribution in [2.45, 2.75) is 0 Å². The summed E-state index contributed by atoms with van der Waals surface area (Å²) in [6.45, 7) is 0. The molecule has 0 aromatic rings. The Hall–Kier alpha value is 0.372. The van der Waals surface area contributed by atoms with Crippen LogP contribution in [-0.4, -0.2) is 11.0 Å². The van der Waals surface area contributed by atoms with E-state index in [4.69, 9.17) is 0 Å². The van der Waals surface area contributed by atoms with Crippen LogP contribution in [0.3, 0.4) is 0 Å². The first-order valence-electron chi connectivity index (χ1n) is 0. The van der Waals surface area contributed by atoms with E-state index >= 15 is 0 Å². The second-order valence-electron chi connectivity index (χ2n) is 0. The molecule has 0 unspecified atom stereocenters. The predicted molar refractivity (Wildman–Crippen MR) is 7.23 cm³/mol. The van der Waals surface area contributed by atoms with Gasteiger partial charge in [-0.25, -0.2) is 0 Å². The van der Waals surface area contributed by atoms with Crippen LogP contribution in [0.5, 0.6) is 0 Å². The average Bonchev–Trinajstić information content (AvgIpc) is 0. The zero-order chi connectivity index (χ0) is 0. The van der Waals surface area contributed by atoms with Crippen LogP contribution in [0.2, 0.25) is 0 Å². The Morgan fingerprint density at radius 1 is 0.500 bits per heavy atom. The molecule has 0 saturated heterocycles. The zero-order valence-corrected chi connectivity index (χ0v) is 5.23. The van der Waals surface area contributed by atoms with Crippen molar-refractivity contribution in [1.82, 2.24) is 0 Å². The Morgan fingerprint density at radius 3 is 0.500 bits per heavy atom. The molecule has 47 valence electrons. The summed E-state index contributed by atoms with van der Waals surface area (Å²) < 4.78 is 0. The molecule has 0 saturated carbocycles. The maximum atomic E-state index is 0. The molecule has 0 spiro atoms. The van der Waals surface area contributed by atoms with Crippen LogP contribution < -0.4 is 14.1 Å². The third-order valence-electron chi connectivity index (χ3n) is 0. The van der Waals surface area contributed by atoms with E-state index in [1.807, 2.05) is 0 Å². The van der Waals surface area contributed by atoms with Gasteiger partial charge in [0.15, 0.2) is 0 Å². The molecule has 2 nitrogen and oxygen atoms in total. The second kappa shape index (κ2) is 741. The molecule has 0 bridgehead atoms. The van der Waals surface area contributed by atoms with Crippen LogP contribution >= 0.6 is 0 Å². The standard InChI is InChI=1S/3FH.2H2O.Re/h3*1H;2*1H2;/p-3. The van der Waals surface area contributed by atoms with E-state index in [1.165, 1.54) is 0 Å². The fraction of sp³-hybridized carbons (Fsp3) is 0. The first-order chi connectivity index (χ1) is 0. The molecule has 0 fully saturated rings. The van der Waals surface area contributed by atoms with Crippen molar-refractivity contribution in [3.8, 4) is 0 Å². The summed E-state index contributed by atoms with van der Waals surface area (Å²) >= 11 is 0. The minimum atomic E-state index is 0. The number of hydrogen-bond donors (Lipinski definition) is 0. The van der Waals surface area contributed by atoms with E-state index in [-0.39, 0.29) is 45.5 Å². The molecule has 0 rings (SSSR count). The molecule has 0 aliphatic rings. The van der Waals surface area contributed by atoms with Gasteiger partial charge in [-0.05, 0) is 0 Å². The second-order valence-corrected chi connectivity index (χ2v) is 0. The number of halogens is 3. The summed E-state index contributed by atoms with van der Waals surface area (Å²) in [5, 5.41) is 0. The Labute approximate surface area is 46.3 Å². The first-order valence-corrected chi connectivity index (χ1v) is 0. The van der Waals surface area contributed by atoms with Gasteiger partial charge >= 0.3 is 0 Å². The summed E-state index contributed by atoms with van der Waals surface area (Å²) in [5.74, 6) is 0. The van der Waals surface area contributed by atoms with Gasteiger partial charge in [0.1, 0.15) is 0 Å². The molecule has 0 aromatic carbocycles. The fourth-order valence-electron chi connectivity index (χ4n) is 0. The van der Waals surface area contributed by atoms with E-state index in [1.54, 1.807) is 0 Å². The summed E-state index contributed by atoms with van der Waals surface area (Å²) in [5.41, 5.74) is 0. The molecule has 0 aliphatic heterocycles. The van der Waals surface area contributed by atoms with Crippen LogP contribution in [0.15, 0.2) is 0 Å². The molecule has 0 aliphatic carbocycles. The molecule has 0 atom stereocenters.